The molecule has 18 nitrogen and oxygen atoms in total. The number of fused-ring (bicyclic) bond motifs is 2. The topological polar surface area (TPSA) is 266 Å². The highest BCUT2D eigenvalue weighted by atomic mass is 16.5. The van der Waals surface area contributed by atoms with Crippen LogP contribution in [0.25, 0.3) is 22.1 Å². The maximum Gasteiger partial charge on any atom is 0.276 e. The molecule has 56 heavy (non-hydrogen) atoms. The van der Waals surface area contributed by atoms with Crippen molar-refractivity contribution < 1.29 is 29.0 Å². The Hall–Kier alpha value is -6.98. The molecule has 9 N–H and O–H groups in total. The van der Waals surface area contributed by atoms with Gasteiger partial charge in [0, 0.05) is 50.1 Å². The van der Waals surface area contributed by atoms with E-state index >= 15 is 0 Å². The third-order valence-electron chi connectivity index (χ3n) is 7.88. The van der Waals surface area contributed by atoms with Crippen molar-refractivity contribution in [2.24, 2.45) is 22.2 Å². The fourth-order valence-electron chi connectivity index (χ4n) is 5.59. The lowest BCUT2D eigenvalue weighted by atomic mass is 10.1. The van der Waals surface area contributed by atoms with Gasteiger partial charge in [-0.15, -0.1) is 0 Å². The number of aromatic hydroxyl groups is 1. The molecule has 0 bridgehead atoms. The quantitative estimate of drug-likeness (QED) is 0.0535. The minimum atomic E-state index is -0.675. The van der Waals surface area contributed by atoms with Gasteiger partial charge in [-0.25, -0.2) is 9.97 Å². The number of nitrogens with zero attached hydrogens (tertiary/aromatic N) is 7. The minimum Gasteiger partial charge on any atom is -0.506 e. The van der Waals surface area contributed by atoms with Gasteiger partial charge in [0.25, 0.3) is 5.91 Å². The number of benzene rings is 2. The van der Waals surface area contributed by atoms with Crippen LogP contribution in [0.1, 0.15) is 71.5 Å². The van der Waals surface area contributed by atoms with E-state index in [2.05, 4.69) is 30.7 Å². The van der Waals surface area contributed by atoms with Gasteiger partial charge in [0.05, 0.1) is 29.5 Å². The summed E-state index contributed by atoms with van der Waals surface area (Å²) in [5, 5.41) is 20.9. The number of carbonyl (C=O) groups excluding carboxylic acids is 4. The predicted molar refractivity (Wildman–Crippen MR) is 217 cm³/mol. The van der Waals surface area contributed by atoms with Gasteiger partial charge in [-0.1, -0.05) is 26.0 Å². The van der Waals surface area contributed by atoms with E-state index in [0.29, 0.717) is 82.5 Å². The minimum absolute atomic E-state index is 0.138. The average Bonchev–Trinajstić information content (AvgIpc) is 3.85. The number of aldehydes is 1. The molecule has 0 unspecified atom stereocenters. The van der Waals surface area contributed by atoms with Crippen molar-refractivity contribution in [2.75, 3.05) is 31.3 Å². The first kappa shape index (κ1) is 43.4. The fourth-order valence-corrected chi connectivity index (χ4v) is 5.59. The van der Waals surface area contributed by atoms with Crippen LogP contribution in [0.15, 0.2) is 59.2 Å². The van der Waals surface area contributed by atoms with Gasteiger partial charge in [-0.2, -0.15) is 5.10 Å². The molecule has 0 saturated heterocycles. The lowest BCUT2D eigenvalue weighted by Gasteiger charge is -2.11. The molecule has 3 amide bonds. The number of amides is 3. The Balaban J connectivity index is 0.000000611. The van der Waals surface area contributed by atoms with E-state index in [9.17, 15) is 24.3 Å². The van der Waals surface area contributed by atoms with Gasteiger partial charge < -0.3 is 41.5 Å². The molecule has 298 valence electrons. The Morgan fingerprint density at radius 3 is 2.00 bits per heavy atom. The number of imidazole rings is 2. The number of carbonyl (C=O) groups is 4. The number of nitrogens with two attached hydrogens (primary N) is 3. The van der Waals surface area contributed by atoms with Crippen molar-refractivity contribution in [1.82, 2.24) is 28.9 Å². The molecule has 3 heterocycles. The second-order valence-corrected chi connectivity index (χ2v) is 11.8. The standard InChI is InChI=1S/C29H32N10O5.C7H12N2O.C2H6/c1-5-39-20(10-15(2)36-39)27(43)35-29-34-19-12-17(26(31)42)14-22(44-4)24(19)38(29)9-7-6-8-37-23-18(33-28(37)32-3)11-16(25(30)41)13-21(23)40;1-3-9-7(5-10)4-6(2)8;1-2/h6-7,10-14,40H,5,8-9H2,1-4H3,(H2,30,41)(H2,31,42)(H,32,33)(H,34,35,43);4-5H,3,8H2,1-2H3;1-2H3/b7-6+;6-4-,9-7?;. The fraction of sp³-hybridized carbons (Fsp3) is 0.316. The molecule has 3 aromatic heterocycles. The van der Waals surface area contributed by atoms with Crippen molar-refractivity contribution in [1.29, 1.82) is 0 Å². The van der Waals surface area contributed by atoms with Crippen molar-refractivity contribution >= 4 is 63.7 Å². The summed E-state index contributed by atoms with van der Waals surface area (Å²) < 4.78 is 10.7. The van der Waals surface area contributed by atoms with E-state index in [1.807, 2.05) is 39.8 Å². The van der Waals surface area contributed by atoms with Crippen LogP contribution in [0.2, 0.25) is 0 Å². The monoisotopic (exact) mass is 770 g/mol. The smallest absolute Gasteiger partial charge is 0.276 e. The zero-order chi connectivity index (χ0) is 41.7. The number of phenolic OH excluding ortho intramolecular Hbond substituents is 1. The molecule has 0 saturated carbocycles. The summed E-state index contributed by atoms with van der Waals surface area (Å²) in [5.41, 5.74) is 20.4. The molecular weight excluding hydrogens is 720 g/mol. The number of primary amides is 2. The van der Waals surface area contributed by atoms with Crippen LogP contribution in [-0.4, -0.2) is 84.4 Å². The van der Waals surface area contributed by atoms with Gasteiger partial charge >= 0.3 is 0 Å². The van der Waals surface area contributed by atoms with E-state index in [-0.39, 0.29) is 29.4 Å². The van der Waals surface area contributed by atoms with Gasteiger partial charge in [0.15, 0.2) is 6.29 Å². The van der Waals surface area contributed by atoms with E-state index in [4.69, 9.17) is 21.9 Å². The first-order valence-electron chi connectivity index (χ1n) is 17.8. The van der Waals surface area contributed by atoms with E-state index < -0.39 is 17.7 Å². The third kappa shape index (κ3) is 10.2. The number of allylic oxidation sites excluding steroid dienone is 4. The molecule has 5 rings (SSSR count). The molecule has 2 aromatic carbocycles. The van der Waals surface area contributed by atoms with Crippen LogP contribution < -0.4 is 32.6 Å². The number of hydrogen-bond acceptors (Lipinski definition) is 12. The Kier molecular flexibility index (Phi) is 15.4. The highest BCUT2D eigenvalue weighted by Crippen LogP contribution is 2.32. The number of anilines is 2. The van der Waals surface area contributed by atoms with Gasteiger partial charge in [-0.3, -0.25) is 34.2 Å². The third-order valence-corrected chi connectivity index (χ3v) is 7.88. The number of aromatic nitrogens is 6. The lowest BCUT2D eigenvalue weighted by Crippen LogP contribution is -2.20. The Morgan fingerprint density at radius 2 is 1.48 bits per heavy atom. The van der Waals surface area contributed by atoms with Crippen molar-refractivity contribution in [3.8, 4) is 11.5 Å². The maximum absolute atomic E-state index is 13.3. The zero-order valence-corrected chi connectivity index (χ0v) is 32.9. The summed E-state index contributed by atoms with van der Waals surface area (Å²) in [6, 6.07) is 7.57. The van der Waals surface area contributed by atoms with E-state index in [1.165, 1.54) is 31.4 Å². The van der Waals surface area contributed by atoms with Crippen molar-refractivity contribution in [3.05, 3.63) is 76.8 Å². The number of hydrogen-bond donors (Lipinski definition) is 6. The second-order valence-electron chi connectivity index (χ2n) is 11.8. The molecule has 5 aromatic rings. The summed E-state index contributed by atoms with van der Waals surface area (Å²) in [6.07, 6.45) is 5.94. The van der Waals surface area contributed by atoms with Gasteiger partial charge in [0.2, 0.25) is 23.7 Å². The second kappa shape index (κ2) is 19.9. The molecule has 0 atom stereocenters. The number of aliphatic imine (C=N–C) groups is 1. The number of rotatable bonds is 14. The Morgan fingerprint density at radius 1 is 0.911 bits per heavy atom. The molecule has 0 aliphatic heterocycles. The predicted octanol–water partition coefficient (Wildman–Crippen LogP) is 3.91. The maximum atomic E-state index is 13.3. The first-order valence-corrected chi connectivity index (χ1v) is 17.8. The van der Waals surface area contributed by atoms with Crippen LogP contribution in [0, 0.1) is 6.92 Å². The van der Waals surface area contributed by atoms with Crippen LogP contribution in [-0.2, 0) is 24.4 Å². The van der Waals surface area contributed by atoms with E-state index in [1.54, 1.807) is 46.9 Å². The van der Waals surface area contributed by atoms with Crippen LogP contribution >= 0.6 is 0 Å². The molecule has 0 aliphatic carbocycles. The summed E-state index contributed by atoms with van der Waals surface area (Å²) in [6.45, 7) is 12.9. The lowest BCUT2D eigenvalue weighted by molar-refractivity contribution is -0.102. The highest BCUT2D eigenvalue weighted by molar-refractivity contribution is 6.33. The first-order chi connectivity index (χ1) is 26.8. The number of aryl methyl sites for hydroxylation is 2. The summed E-state index contributed by atoms with van der Waals surface area (Å²) in [5.74, 6) is -0.835. The molecule has 18 heteroatoms. The molecular formula is C38H50N12O6. The molecule has 0 radical (unpaired) electrons. The zero-order valence-electron chi connectivity index (χ0n) is 32.9. The number of methoxy groups -OCH3 is 1. The molecule has 0 fully saturated rings. The normalized spacial score (nSPS) is 11.5. The van der Waals surface area contributed by atoms with Crippen LogP contribution in [0.5, 0.6) is 11.5 Å². The SMILES string of the molecule is CC.CCN=C(C=O)/C=C(/C)N.CCn1nc(C)cc1C(=O)Nc1nc2cc(C(N)=O)cc(OC)c2n1C/C=C/Cn1c(NC)nc2cc(C(N)=O)cc(O)c21. The Labute approximate surface area is 324 Å². The number of phenols is 1. The van der Waals surface area contributed by atoms with E-state index in [0.717, 1.165) is 0 Å². The molecule has 0 spiro atoms. The summed E-state index contributed by atoms with van der Waals surface area (Å²) in [4.78, 5) is 60.1. The average molecular weight is 771 g/mol. The van der Waals surface area contributed by atoms with Crippen molar-refractivity contribution in [3.63, 3.8) is 0 Å². The Bertz CT molecular complexity index is 2310. The van der Waals surface area contributed by atoms with Crippen molar-refractivity contribution in [2.45, 2.75) is 61.2 Å². The van der Waals surface area contributed by atoms with Gasteiger partial charge in [-0.05, 0) is 64.1 Å². The van der Waals surface area contributed by atoms with Crippen LogP contribution in [0.4, 0.5) is 11.9 Å². The van der Waals surface area contributed by atoms with Gasteiger partial charge in [0.1, 0.15) is 28.2 Å². The number of nitrogens with one attached hydrogen (secondary N) is 2. The largest absolute Gasteiger partial charge is 0.506 e. The summed E-state index contributed by atoms with van der Waals surface area (Å²) >= 11 is 0. The molecule has 0 aliphatic rings. The highest BCUT2D eigenvalue weighted by Gasteiger charge is 2.21. The summed E-state index contributed by atoms with van der Waals surface area (Å²) in [7, 11) is 3.16. The number of ether oxygens (including phenoxy) is 1. The van der Waals surface area contributed by atoms with Crippen LogP contribution in [0.3, 0.4) is 0 Å².